The van der Waals surface area contributed by atoms with Crippen molar-refractivity contribution in [3.63, 3.8) is 0 Å². The van der Waals surface area contributed by atoms with E-state index in [0.29, 0.717) is 5.56 Å². The molecule has 4 heteroatoms. The summed E-state index contributed by atoms with van der Waals surface area (Å²) >= 11 is 7.47. The van der Waals surface area contributed by atoms with Gasteiger partial charge >= 0.3 is 0 Å². The molecule has 0 aliphatic rings. The number of rotatable bonds is 3. The van der Waals surface area contributed by atoms with Gasteiger partial charge in [-0.05, 0) is 37.3 Å². The molecule has 0 radical (unpaired) electrons. The van der Waals surface area contributed by atoms with Crippen LogP contribution < -0.4 is 5.32 Å². The first-order valence-electron chi connectivity index (χ1n) is 5.21. The Morgan fingerprint density at radius 3 is 2.82 bits per heavy atom. The van der Waals surface area contributed by atoms with Gasteiger partial charge in [0.2, 0.25) is 0 Å². The van der Waals surface area contributed by atoms with Gasteiger partial charge in [0.05, 0.1) is 22.0 Å². The summed E-state index contributed by atoms with van der Waals surface area (Å²) < 4.78 is 0.791. The van der Waals surface area contributed by atoms with Gasteiger partial charge in [0.15, 0.2) is 0 Å². The molecule has 0 saturated heterocycles. The number of hydrogen-bond acceptors (Lipinski definition) is 3. The van der Waals surface area contributed by atoms with Gasteiger partial charge in [-0.3, -0.25) is 0 Å². The SMILES string of the molecule is CC(Nc1cccc(C#N)c1)c1ccc(Cl)s1. The van der Waals surface area contributed by atoms with Crippen molar-refractivity contribution in [2.45, 2.75) is 13.0 Å². The van der Waals surface area contributed by atoms with E-state index in [9.17, 15) is 0 Å². The lowest BCUT2D eigenvalue weighted by atomic mass is 10.2. The third-order valence-corrected chi connectivity index (χ3v) is 3.81. The Morgan fingerprint density at radius 2 is 2.18 bits per heavy atom. The summed E-state index contributed by atoms with van der Waals surface area (Å²) in [6.45, 7) is 2.07. The van der Waals surface area contributed by atoms with Gasteiger partial charge in [0, 0.05) is 10.6 Å². The first kappa shape index (κ1) is 12.0. The maximum atomic E-state index is 8.82. The Bertz CT molecular complexity index is 557. The lowest BCUT2D eigenvalue weighted by Gasteiger charge is -2.13. The standard InChI is InChI=1S/C13H11ClN2S/c1-9(12-5-6-13(14)17-12)16-11-4-2-3-10(7-11)8-15/h2-7,9,16H,1H3. The van der Waals surface area contributed by atoms with Gasteiger partial charge in [-0.2, -0.15) is 5.26 Å². The maximum absolute atomic E-state index is 8.82. The van der Waals surface area contributed by atoms with Crippen molar-refractivity contribution in [3.8, 4) is 6.07 Å². The molecule has 1 heterocycles. The Hall–Kier alpha value is -1.50. The Kier molecular flexibility index (Phi) is 3.68. The van der Waals surface area contributed by atoms with Crippen LogP contribution in [0.2, 0.25) is 4.34 Å². The molecule has 2 rings (SSSR count). The van der Waals surface area contributed by atoms with Crippen LogP contribution in [0.5, 0.6) is 0 Å². The molecule has 1 aromatic carbocycles. The molecular weight excluding hydrogens is 252 g/mol. The minimum atomic E-state index is 0.182. The van der Waals surface area contributed by atoms with Crippen molar-refractivity contribution in [2.75, 3.05) is 5.32 Å². The quantitative estimate of drug-likeness (QED) is 0.887. The minimum Gasteiger partial charge on any atom is -0.378 e. The fourth-order valence-electron chi connectivity index (χ4n) is 1.56. The normalized spacial score (nSPS) is 11.8. The molecule has 0 aliphatic carbocycles. The van der Waals surface area contributed by atoms with E-state index in [4.69, 9.17) is 16.9 Å². The second-order valence-electron chi connectivity index (χ2n) is 3.70. The van der Waals surface area contributed by atoms with Crippen LogP contribution in [-0.2, 0) is 0 Å². The first-order valence-corrected chi connectivity index (χ1v) is 6.40. The van der Waals surface area contributed by atoms with Gasteiger partial charge in [-0.25, -0.2) is 0 Å². The summed E-state index contributed by atoms with van der Waals surface area (Å²) in [7, 11) is 0. The highest BCUT2D eigenvalue weighted by atomic mass is 35.5. The highest BCUT2D eigenvalue weighted by molar-refractivity contribution is 7.16. The number of nitriles is 1. The van der Waals surface area contributed by atoms with Crippen molar-refractivity contribution >= 4 is 28.6 Å². The summed E-state index contributed by atoms with van der Waals surface area (Å²) in [5, 5.41) is 12.2. The van der Waals surface area contributed by atoms with Crippen molar-refractivity contribution < 1.29 is 0 Å². The monoisotopic (exact) mass is 262 g/mol. The number of halogens is 1. The van der Waals surface area contributed by atoms with Crippen molar-refractivity contribution in [1.82, 2.24) is 0 Å². The van der Waals surface area contributed by atoms with Crippen LogP contribution >= 0.6 is 22.9 Å². The molecular formula is C13H11ClN2S. The molecule has 0 saturated carbocycles. The summed E-state index contributed by atoms with van der Waals surface area (Å²) in [6.07, 6.45) is 0. The number of benzene rings is 1. The predicted molar refractivity (Wildman–Crippen MR) is 72.5 cm³/mol. The molecule has 2 aromatic rings. The molecule has 0 aliphatic heterocycles. The number of nitrogens with one attached hydrogen (secondary N) is 1. The summed E-state index contributed by atoms with van der Waals surface area (Å²) in [5.74, 6) is 0. The van der Waals surface area contributed by atoms with Crippen LogP contribution in [0.1, 0.15) is 23.4 Å². The van der Waals surface area contributed by atoms with Crippen LogP contribution in [-0.4, -0.2) is 0 Å². The van der Waals surface area contributed by atoms with Crippen LogP contribution in [0, 0.1) is 11.3 Å². The number of nitrogens with zero attached hydrogens (tertiary/aromatic N) is 1. The molecule has 2 nitrogen and oxygen atoms in total. The van der Waals surface area contributed by atoms with Crippen molar-refractivity contribution in [3.05, 3.63) is 51.2 Å². The third-order valence-electron chi connectivity index (χ3n) is 2.40. The van der Waals surface area contributed by atoms with Gasteiger partial charge in [0.1, 0.15) is 0 Å². The van der Waals surface area contributed by atoms with E-state index in [1.807, 2.05) is 30.3 Å². The van der Waals surface area contributed by atoms with E-state index < -0.39 is 0 Å². The molecule has 86 valence electrons. The van der Waals surface area contributed by atoms with E-state index in [1.165, 1.54) is 4.88 Å². The fourth-order valence-corrected chi connectivity index (χ4v) is 2.62. The average molecular weight is 263 g/mol. The average Bonchev–Trinajstić information content (AvgIpc) is 2.76. The molecule has 0 bridgehead atoms. The van der Waals surface area contributed by atoms with Gasteiger partial charge in [0.25, 0.3) is 0 Å². The topological polar surface area (TPSA) is 35.8 Å². The number of anilines is 1. The van der Waals surface area contributed by atoms with E-state index in [1.54, 1.807) is 17.4 Å². The fraction of sp³-hybridized carbons (Fsp3) is 0.154. The smallest absolute Gasteiger partial charge is 0.0992 e. The largest absolute Gasteiger partial charge is 0.378 e. The molecule has 1 unspecified atom stereocenters. The Morgan fingerprint density at radius 1 is 1.35 bits per heavy atom. The second-order valence-corrected chi connectivity index (χ2v) is 5.45. The molecule has 0 fully saturated rings. The van der Waals surface area contributed by atoms with E-state index in [0.717, 1.165) is 10.0 Å². The van der Waals surface area contributed by atoms with Crippen LogP contribution in [0.15, 0.2) is 36.4 Å². The summed E-state index contributed by atoms with van der Waals surface area (Å²) in [4.78, 5) is 1.18. The number of thiophene rings is 1. The summed E-state index contributed by atoms with van der Waals surface area (Å²) in [5.41, 5.74) is 1.60. The van der Waals surface area contributed by atoms with E-state index in [-0.39, 0.29) is 6.04 Å². The zero-order chi connectivity index (χ0) is 12.3. The molecule has 0 spiro atoms. The molecule has 1 atom stereocenters. The molecule has 1 N–H and O–H groups in total. The highest BCUT2D eigenvalue weighted by Gasteiger charge is 2.08. The Labute approximate surface area is 109 Å². The lowest BCUT2D eigenvalue weighted by Crippen LogP contribution is -2.04. The van der Waals surface area contributed by atoms with E-state index >= 15 is 0 Å². The minimum absolute atomic E-state index is 0.182. The van der Waals surface area contributed by atoms with Crippen molar-refractivity contribution in [2.24, 2.45) is 0 Å². The first-order chi connectivity index (χ1) is 8.19. The second kappa shape index (κ2) is 5.22. The molecule has 1 aromatic heterocycles. The van der Waals surface area contributed by atoms with Gasteiger partial charge in [-0.15, -0.1) is 11.3 Å². The maximum Gasteiger partial charge on any atom is 0.0992 e. The molecule has 17 heavy (non-hydrogen) atoms. The third kappa shape index (κ3) is 3.00. The van der Waals surface area contributed by atoms with Gasteiger partial charge < -0.3 is 5.32 Å². The van der Waals surface area contributed by atoms with Crippen LogP contribution in [0.25, 0.3) is 0 Å². The lowest BCUT2D eigenvalue weighted by molar-refractivity contribution is 0.908. The van der Waals surface area contributed by atoms with E-state index in [2.05, 4.69) is 18.3 Å². The zero-order valence-electron chi connectivity index (χ0n) is 9.27. The predicted octanol–water partition coefficient (Wildman–Crippen LogP) is 4.45. The zero-order valence-corrected chi connectivity index (χ0v) is 10.8. The number of hydrogen-bond donors (Lipinski definition) is 1. The summed E-state index contributed by atoms with van der Waals surface area (Å²) in [6, 6.07) is 13.7. The van der Waals surface area contributed by atoms with Crippen molar-refractivity contribution in [1.29, 1.82) is 5.26 Å². The van der Waals surface area contributed by atoms with Crippen LogP contribution in [0.4, 0.5) is 5.69 Å². The Balaban J connectivity index is 2.13. The highest BCUT2D eigenvalue weighted by Crippen LogP contribution is 2.29. The molecule has 0 amide bonds. The van der Waals surface area contributed by atoms with Gasteiger partial charge in [-0.1, -0.05) is 17.7 Å². The van der Waals surface area contributed by atoms with Crippen LogP contribution in [0.3, 0.4) is 0 Å².